The van der Waals surface area contributed by atoms with E-state index in [-0.39, 0.29) is 16.6 Å². The normalized spacial score (nSPS) is 16.8. The van der Waals surface area contributed by atoms with Crippen LogP contribution in [0.4, 0.5) is 10.1 Å². The maximum absolute atomic E-state index is 14.1. The van der Waals surface area contributed by atoms with E-state index in [0.29, 0.717) is 60.4 Å². The third kappa shape index (κ3) is 3.73. The highest BCUT2D eigenvalue weighted by molar-refractivity contribution is 7.89. The van der Waals surface area contributed by atoms with E-state index in [1.807, 2.05) is 0 Å². The van der Waals surface area contributed by atoms with Gasteiger partial charge in [-0.1, -0.05) is 12.1 Å². The van der Waals surface area contributed by atoms with Gasteiger partial charge < -0.3 is 9.64 Å². The summed E-state index contributed by atoms with van der Waals surface area (Å²) in [6.07, 6.45) is 2.02. The fraction of sp³-hybridized carbons (Fsp3) is 0.273. The molecule has 1 fully saturated rings. The molecule has 0 spiro atoms. The van der Waals surface area contributed by atoms with Crippen molar-refractivity contribution < 1.29 is 22.3 Å². The number of ether oxygens (including phenoxy) is 1. The van der Waals surface area contributed by atoms with Gasteiger partial charge >= 0.3 is 0 Å². The van der Waals surface area contributed by atoms with Crippen molar-refractivity contribution >= 4 is 33.0 Å². The van der Waals surface area contributed by atoms with E-state index >= 15 is 0 Å². The molecule has 32 heavy (non-hydrogen) atoms. The van der Waals surface area contributed by atoms with Gasteiger partial charge in [-0.05, 0) is 42.3 Å². The number of anilines is 1. The molecule has 0 atom stereocenters. The smallest absolute Gasteiger partial charge is 0.270 e. The van der Waals surface area contributed by atoms with E-state index in [9.17, 15) is 17.6 Å². The molecule has 2 aliphatic heterocycles. The van der Waals surface area contributed by atoms with Gasteiger partial charge in [-0.3, -0.25) is 4.79 Å². The van der Waals surface area contributed by atoms with Crippen molar-refractivity contribution in [3.8, 4) is 10.6 Å². The number of aromatic nitrogens is 1. The van der Waals surface area contributed by atoms with Gasteiger partial charge in [-0.15, -0.1) is 11.3 Å². The van der Waals surface area contributed by atoms with E-state index in [2.05, 4.69) is 4.98 Å². The Labute approximate surface area is 189 Å². The fourth-order valence-electron chi connectivity index (χ4n) is 3.95. The van der Waals surface area contributed by atoms with Crippen LogP contribution in [0.2, 0.25) is 0 Å². The van der Waals surface area contributed by atoms with E-state index < -0.39 is 10.0 Å². The third-order valence-corrected chi connectivity index (χ3v) is 8.53. The number of morpholine rings is 1. The Morgan fingerprint density at radius 2 is 1.88 bits per heavy atom. The highest BCUT2D eigenvalue weighted by Crippen LogP contribution is 2.34. The average molecular weight is 474 g/mol. The first-order valence-electron chi connectivity index (χ1n) is 10.2. The number of hydrogen-bond donors (Lipinski definition) is 0. The molecule has 2 aromatic carbocycles. The maximum atomic E-state index is 14.1. The Kier molecular flexibility index (Phi) is 5.54. The van der Waals surface area contributed by atoms with Gasteiger partial charge in [0, 0.05) is 30.9 Å². The summed E-state index contributed by atoms with van der Waals surface area (Å²) in [6, 6.07) is 11.2. The van der Waals surface area contributed by atoms with Crippen LogP contribution in [0.3, 0.4) is 0 Å². The Balaban J connectivity index is 1.39. The number of rotatable bonds is 4. The molecule has 0 aliphatic carbocycles. The number of carbonyl (C=O) groups excluding carboxylic acids is 1. The Morgan fingerprint density at radius 3 is 2.66 bits per heavy atom. The molecule has 2 aliphatic rings. The van der Waals surface area contributed by atoms with Gasteiger partial charge in [0.05, 0.1) is 24.3 Å². The van der Waals surface area contributed by atoms with Crippen molar-refractivity contribution in [3.05, 3.63) is 64.9 Å². The zero-order valence-corrected chi connectivity index (χ0v) is 18.7. The molecular formula is C22H20FN3O4S2. The molecule has 10 heteroatoms. The van der Waals surface area contributed by atoms with E-state index in [1.165, 1.54) is 16.6 Å². The molecule has 166 valence electrons. The summed E-state index contributed by atoms with van der Waals surface area (Å²) in [4.78, 5) is 19.6. The van der Waals surface area contributed by atoms with Crippen molar-refractivity contribution in [2.45, 2.75) is 11.3 Å². The number of thiazole rings is 1. The first-order chi connectivity index (χ1) is 15.4. The summed E-state index contributed by atoms with van der Waals surface area (Å²) >= 11 is 1.14. The second-order valence-corrected chi connectivity index (χ2v) is 10.5. The van der Waals surface area contributed by atoms with Crippen molar-refractivity contribution in [2.24, 2.45) is 0 Å². The van der Waals surface area contributed by atoms with Crippen LogP contribution in [0, 0.1) is 5.82 Å². The van der Waals surface area contributed by atoms with Crippen LogP contribution in [0.1, 0.15) is 15.2 Å². The SMILES string of the molecule is O=C(c1cnc(-c2ccccc2F)s1)N1CCc2cc(S(=O)(=O)N3CCOCC3)ccc21. The predicted octanol–water partition coefficient (Wildman–Crippen LogP) is 3.17. The third-order valence-electron chi connectivity index (χ3n) is 5.62. The van der Waals surface area contributed by atoms with Crippen molar-refractivity contribution in [3.63, 3.8) is 0 Å². The van der Waals surface area contributed by atoms with Crippen LogP contribution < -0.4 is 4.90 Å². The highest BCUT2D eigenvalue weighted by atomic mass is 32.2. The Bertz CT molecular complexity index is 1290. The molecule has 3 heterocycles. The molecule has 7 nitrogen and oxygen atoms in total. The quantitative estimate of drug-likeness (QED) is 0.582. The van der Waals surface area contributed by atoms with Gasteiger partial charge in [-0.2, -0.15) is 4.31 Å². The second-order valence-electron chi connectivity index (χ2n) is 7.52. The van der Waals surface area contributed by atoms with Gasteiger partial charge in [0.1, 0.15) is 15.7 Å². The number of nitrogens with zero attached hydrogens (tertiary/aromatic N) is 3. The number of carbonyl (C=O) groups is 1. The van der Waals surface area contributed by atoms with Crippen LogP contribution in [0.15, 0.2) is 53.6 Å². The molecule has 0 radical (unpaired) electrons. The minimum Gasteiger partial charge on any atom is -0.379 e. The number of amides is 1. The zero-order valence-electron chi connectivity index (χ0n) is 17.0. The van der Waals surface area contributed by atoms with Crippen molar-refractivity contribution in [2.75, 3.05) is 37.7 Å². The van der Waals surface area contributed by atoms with E-state index in [1.54, 1.807) is 41.3 Å². The van der Waals surface area contributed by atoms with Crippen molar-refractivity contribution in [1.82, 2.24) is 9.29 Å². The van der Waals surface area contributed by atoms with Crippen LogP contribution in [0.25, 0.3) is 10.6 Å². The van der Waals surface area contributed by atoms with Gasteiger partial charge in [0.15, 0.2) is 0 Å². The number of halogens is 1. The summed E-state index contributed by atoms with van der Waals surface area (Å²) < 4.78 is 46.6. The lowest BCUT2D eigenvalue weighted by molar-refractivity contribution is 0.0730. The van der Waals surface area contributed by atoms with Crippen LogP contribution in [-0.2, 0) is 21.2 Å². The largest absolute Gasteiger partial charge is 0.379 e. The molecule has 1 amide bonds. The van der Waals surface area contributed by atoms with Gasteiger partial charge in [-0.25, -0.2) is 17.8 Å². The zero-order chi connectivity index (χ0) is 22.3. The molecule has 1 saturated heterocycles. The first kappa shape index (κ1) is 21.2. The highest BCUT2D eigenvalue weighted by Gasteiger charge is 2.31. The number of benzene rings is 2. The second kappa shape index (κ2) is 8.36. The number of hydrogen-bond acceptors (Lipinski definition) is 6. The summed E-state index contributed by atoms with van der Waals surface area (Å²) in [5.74, 6) is -0.617. The van der Waals surface area contributed by atoms with Gasteiger partial charge in [0.25, 0.3) is 5.91 Å². The minimum atomic E-state index is -3.60. The molecule has 3 aromatic rings. The van der Waals surface area contributed by atoms with Gasteiger partial charge in [0.2, 0.25) is 10.0 Å². The summed E-state index contributed by atoms with van der Waals surface area (Å²) in [6.45, 7) is 1.88. The van der Waals surface area contributed by atoms with Crippen molar-refractivity contribution in [1.29, 1.82) is 0 Å². The van der Waals surface area contributed by atoms with E-state index in [4.69, 9.17) is 4.74 Å². The number of sulfonamides is 1. The Hall–Kier alpha value is -2.66. The van der Waals surface area contributed by atoms with Crippen LogP contribution >= 0.6 is 11.3 Å². The molecule has 5 rings (SSSR count). The lowest BCUT2D eigenvalue weighted by Crippen LogP contribution is -2.40. The molecule has 0 unspecified atom stereocenters. The molecule has 0 N–H and O–H groups in total. The average Bonchev–Trinajstić information content (AvgIpc) is 3.47. The molecule has 1 aromatic heterocycles. The summed E-state index contributed by atoms with van der Waals surface area (Å²) in [7, 11) is -3.60. The lowest BCUT2D eigenvalue weighted by atomic mass is 10.2. The lowest BCUT2D eigenvalue weighted by Gasteiger charge is -2.26. The molecule has 0 bridgehead atoms. The Morgan fingerprint density at radius 1 is 1.09 bits per heavy atom. The first-order valence-corrected chi connectivity index (χ1v) is 12.4. The maximum Gasteiger partial charge on any atom is 0.270 e. The number of fused-ring (bicyclic) bond motifs is 1. The topological polar surface area (TPSA) is 79.8 Å². The summed E-state index contributed by atoms with van der Waals surface area (Å²) in [5, 5.41) is 0.442. The molecule has 0 saturated carbocycles. The van der Waals surface area contributed by atoms with E-state index in [0.717, 1.165) is 16.9 Å². The summed E-state index contributed by atoms with van der Waals surface area (Å²) in [5.41, 5.74) is 1.86. The molecular weight excluding hydrogens is 453 g/mol. The fourth-order valence-corrected chi connectivity index (χ4v) is 6.30. The minimum absolute atomic E-state index is 0.229. The monoisotopic (exact) mass is 473 g/mol. The van der Waals surface area contributed by atoms with Crippen LogP contribution in [0.5, 0.6) is 0 Å². The van der Waals surface area contributed by atoms with Crippen LogP contribution in [-0.4, -0.2) is 56.5 Å². The predicted molar refractivity (Wildman–Crippen MR) is 119 cm³/mol. The standard InChI is InChI=1S/C22H20FN3O4S2/c23-18-4-2-1-3-17(18)21-24-14-20(31-21)22(27)26-8-7-15-13-16(5-6-19(15)26)32(28,29)25-9-11-30-12-10-25/h1-6,13-14H,7-12H2.